The number of hydrogen-bond donors (Lipinski definition) is 4. The molecule has 0 radical (unpaired) electrons. The van der Waals surface area contributed by atoms with Crippen LogP contribution in [-0.4, -0.2) is 28.5 Å². The van der Waals surface area contributed by atoms with Crippen molar-refractivity contribution in [2.75, 3.05) is 0 Å². The maximum Gasteiger partial charge on any atom is 0.203 e. The fourth-order valence-electron chi connectivity index (χ4n) is 2.05. The lowest BCUT2D eigenvalue weighted by atomic mass is 10.3. The molecule has 10 heteroatoms. The zero-order chi connectivity index (χ0) is 18.9. The molecule has 0 aromatic carbocycles. The summed E-state index contributed by atoms with van der Waals surface area (Å²) in [7, 11) is 0. The van der Waals surface area contributed by atoms with E-state index in [0.717, 1.165) is 0 Å². The highest BCUT2D eigenvalue weighted by Gasteiger charge is 2.65. The molecule has 0 aliphatic heterocycles. The lowest BCUT2D eigenvalue weighted by Crippen LogP contribution is -2.53. The van der Waals surface area contributed by atoms with E-state index in [-0.39, 0.29) is 0 Å². The maximum absolute atomic E-state index is 5.66. The van der Waals surface area contributed by atoms with Gasteiger partial charge in [-0.05, 0) is 55.4 Å². The Kier molecular flexibility index (Phi) is 6.38. The summed E-state index contributed by atoms with van der Waals surface area (Å²) in [6.45, 7) is 13.9. The Morgan fingerprint density at radius 1 is 0.875 bits per heavy atom. The van der Waals surface area contributed by atoms with Gasteiger partial charge in [-0.3, -0.25) is 19.4 Å². The van der Waals surface area contributed by atoms with Gasteiger partial charge in [-0.2, -0.15) is 5.48 Å². The van der Waals surface area contributed by atoms with Crippen LogP contribution in [0.15, 0.2) is 0 Å². The van der Waals surface area contributed by atoms with Crippen LogP contribution in [0.5, 0.6) is 0 Å². The van der Waals surface area contributed by atoms with Crippen LogP contribution < -0.4 is 22.9 Å². The molecule has 0 spiro atoms. The zero-order valence-electron chi connectivity index (χ0n) is 15.8. The quantitative estimate of drug-likeness (QED) is 0.314. The van der Waals surface area contributed by atoms with Gasteiger partial charge in [0.25, 0.3) is 0 Å². The number of ether oxygens (including phenoxy) is 1. The summed E-state index contributed by atoms with van der Waals surface area (Å²) in [6.07, 6.45) is 0.640. The van der Waals surface area contributed by atoms with Gasteiger partial charge in [0, 0.05) is 6.42 Å². The zero-order valence-corrected chi connectivity index (χ0v) is 15.8. The van der Waals surface area contributed by atoms with Gasteiger partial charge < -0.3 is 4.74 Å². The van der Waals surface area contributed by atoms with Gasteiger partial charge in [-0.1, -0.05) is 5.64 Å². The first-order valence-electron chi connectivity index (χ1n) is 7.72. The fraction of sp³-hybridized carbons (Fsp3) is 1.00. The van der Waals surface area contributed by atoms with Crippen LogP contribution in [0.1, 0.15) is 61.8 Å². The monoisotopic (exact) mass is 352 g/mol. The van der Waals surface area contributed by atoms with Crippen molar-refractivity contribution < 1.29 is 28.9 Å². The normalized spacial score (nSPS) is 28.2. The van der Waals surface area contributed by atoms with Crippen LogP contribution in [0.3, 0.4) is 0 Å². The number of hydroxylamine groups is 1. The van der Waals surface area contributed by atoms with Crippen molar-refractivity contribution in [3.63, 3.8) is 0 Å². The molecule has 2 unspecified atom stereocenters. The molecule has 0 amide bonds. The molecule has 10 nitrogen and oxygen atoms in total. The van der Waals surface area contributed by atoms with E-state index in [9.17, 15) is 0 Å². The van der Waals surface area contributed by atoms with Gasteiger partial charge in [0.05, 0.1) is 0 Å². The van der Waals surface area contributed by atoms with Crippen LogP contribution in [0.25, 0.3) is 0 Å². The first-order valence-corrected chi connectivity index (χ1v) is 7.72. The van der Waals surface area contributed by atoms with Gasteiger partial charge in [-0.15, -0.1) is 0 Å². The Morgan fingerprint density at radius 2 is 1.46 bits per heavy atom. The van der Waals surface area contributed by atoms with E-state index in [1.165, 1.54) is 0 Å². The number of nitrogens with one attached hydrogen (secondary N) is 2. The molecule has 0 aromatic rings. The summed E-state index contributed by atoms with van der Waals surface area (Å²) < 4.78 is 5.66. The summed E-state index contributed by atoms with van der Waals surface area (Å²) in [6, 6.07) is 0. The molecular weight excluding hydrogens is 320 g/mol. The Hall–Kier alpha value is -0.400. The van der Waals surface area contributed by atoms with Crippen LogP contribution in [0, 0.1) is 0 Å². The minimum absolute atomic E-state index is 0.545. The third kappa shape index (κ3) is 5.85. The minimum atomic E-state index is -1.07. The number of hydrogen-bond acceptors (Lipinski definition) is 10. The van der Waals surface area contributed by atoms with E-state index in [1.807, 2.05) is 13.8 Å². The molecule has 1 fully saturated rings. The van der Waals surface area contributed by atoms with E-state index in [2.05, 4.69) is 11.1 Å². The fourth-order valence-corrected chi connectivity index (χ4v) is 2.05. The predicted molar refractivity (Wildman–Crippen MR) is 84.8 cm³/mol. The number of nitrogens with two attached hydrogens (primary N) is 2. The van der Waals surface area contributed by atoms with Crippen LogP contribution in [0.4, 0.5) is 0 Å². The Labute approximate surface area is 143 Å². The predicted octanol–water partition coefficient (Wildman–Crippen LogP) is 0.887. The molecule has 0 heterocycles. The Balaban J connectivity index is 2.39. The molecule has 0 bridgehead atoms. The second-order valence-electron chi connectivity index (χ2n) is 7.78. The summed E-state index contributed by atoms with van der Waals surface area (Å²) in [5.74, 6) is 8.36. The lowest BCUT2D eigenvalue weighted by molar-refractivity contribution is -0.372. The lowest BCUT2D eigenvalue weighted by Gasteiger charge is -2.36. The van der Waals surface area contributed by atoms with E-state index in [1.54, 1.807) is 41.5 Å². The van der Waals surface area contributed by atoms with Gasteiger partial charge in [0.15, 0.2) is 5.79 Å². The largest absolute Gasteiger partial charge is 0.326 e. The second kappa shape index (κ2) is 7.08. The van der Waals surface area contributed by atoms with Crippen LogP contribution >= 0.6 is 0 Å². The minimum Gasteiger partial charge on any atom is -0.326 e. The molecule has 1 rings (SSSR count). The molecule has 1 aliphatic carbocycles. The average Bonchev–Trinajstić information content (AvgIpc) is 2.98. The molecule has 1 aliphatic rings. The van der Waals surface area contributed by atoms with E-state index in [4.69, 9.17) is 40.7 Å². The highest BCUT2D eigenvalue weighted by atomic mass is 17.0. The molecule has 6 N–H and O–H groups in total. The van der Waals surface area contributed by atoms with Gasteiger partial charge in [-0.25, -0.2) is 16.6 Å². The van der Waals surface area contributed by atoms with Gasteiger partial charge in [0.1, 0.15) is 16.9 Å². The van der Waals surface area contributed by atoms with Crippen molar-refractivity contribution in [3.05, 3.63) is 0 Å². The summed E-state index contributed by atoms with van der Waals surface area (Å²) in [5, 5.41) is 0. The van der Waals surface area contributed by atoms with E-state index < -0.39 is 28.5 Å². The SMILES string of the molecule is CC(C)(NOC(C)(C)ONOC1(C)CC1(C)ON)OC(C)(C)ON. The summed E-state index contributed by atoms with van der Waals surface area (Å²) in [5.41, 5.74) is 3.18. The van der Waals surface area contributed by atoms with Crippen molar-refractivity contribution in [2.24, 2.45) is 11.8 Å². The van der Waals surface area contributed by atoms with Gasteiger partial charge in [0.2, 0.25) is 5.79 Å². The molecule has 144 valence electrons. The van der Waals surface area contributed by atoms with Crippen LogP contribution in [-0.2, 0) is 28.9 Å². The van der Waals surface area contributed by atoms with Crippen molar-refractivity contribution in [3.8, 4) is 0 Å². The molecule has 0 saturated heterocycles. The maximum atomic E-state index is 5.66. The first kappa shape index (κ1) is 21.6. The van der Waals surface area contributed by atoms with Crippen molar-refractivity contribution in [1.82, 2.24) is 11.1 Å². The molecule has 24 heavy (non-hydrogen) atoms. The van der Waals surface area contributed by atoms with Crippen molar-refractivity contribution in [1.29, 1.82) is 0 Å². The Morgan fingerprint density at radius 3 is 1.92 bits per heavy atom. The third-order valence-electron chi connectivity index (χ3n) is 3.81. The van der Waals surface area contributed by atoms with E-state index >= 15 is 0 Å². The highest BCUT2D eigenvalue weighted by molar-refractivity contribution is 5.14. The highest BCUT2D eigenvalue weighted by Crippen LogP contribution is 2.51. The number of rotatable bonds is 11. The first-order chi connectivity index (χ1) is 10.7. The third-order valence-corrected chi connectivity index (χ3v) is 3.81. The van der Waals surface area contributed by atoms with Crippen molar-refractivity contribution in [2.45, 2.75) is 90.3 Å². The second-order valence-corrected chi connectivity index (χ2v) is 7.78. The smallest absolute Gasteiger partial charge is 0.203 e. The van der Waals surface area contributed by atoms with Crippen LogP contribution in [0.2, 0.25) is 0 Å². The molecule has 1 saturated carbocycles. The summed E-state index contributed by atoms with van der Waals surface area (Å²) in [4.78, 5) is 26.0. The standard InChI is InChI=1S/C14H32N4O6/c1-10(2,19-11(3,4)20-15)17-22-12(5,6)23-18-24-14(8)9-13(14,7)21-16/h17-18H,9,15-16H2,1-8H3. The van der Waals surface area contributed by atoms with Crippen molar-refractivity contribution >= 4 is 0 Å². The summed E-state index contributed by atoms with van der Waals surface area (Å²) >= 11 is 0. The average molecular weight is 352 g/mol. The van der Waals surface area contributed by atoms with Gasteiger partial charge >= 0.3 is 0 Å². The Bertz CT molecular complexity index is 433. The molecule has 2 atom stereocenters. The van der Waals surface area contributed by atoms with E-state index in [0.29, 0.717) is 6.42 Å². The molecule has 0 aromatic heterocycles. The molecular formula is C14H32N4O6. The topological polar surface area (TPSA) is 131 Å².